The van der Waals surface area contributed by atoms with Gasteiger partial charge in [-0.05, 0) is 26.8 Å². The fraction of sp³-hybridized carbons (Fsp3) is 0.308. The van der Waals surface area contributed by atoms with Crippen LogP contribution in [0.1, 0.15) is 33.0 Å². The lowest BCUT2D eigenvalue weighted by Crippen LogP contribution is -2.33. The van der Waals surface area contributed by atoms with Gasteiger partial charge in [-0.3, -0.25) is 14.7 Å². The summed E-state index contributed by atoms with van der Waals surface area (Å²) in [5.41, 5.74) is 0.493. The van der Waals surface area contributed by atoms with Crippen molar-refractivity contribution in [1.29, 1.82) is 0 Å². The number of nitrogens with one attached hydrogen (secondary N) is 1. The molecular formula is C13H14N2O5. The van der Waals surface area contributed by atoms with Gasteiger partial charge in [-0.1, -0.05) is 0 Å². The van der Waals surface area contributed by atoms with E-state index in [-0.39, 0.29) is 23.4 Å². The molecule has 7 nitrogen and oxygen atoms in total. The van der Waals surface area contributed by atoms with E-state index in [2.05, 4.69) is 5.10 Å². The molecule has 2 aromatic rings. The molecule has 0 aromatic carbocycles. The van der Waals surface area contributed by atoms with Crippen LogP contribution in [0.5, 0.6) is 0 Å². The maximum Gasteiger partial charge on any atom is 0.372 e. The Morgan fingerprint density at radius 3 is 2.50 bits per heavy atom. The topological polar surface area (TPSA) is 105 Å². The lowest BCUT2D eigenvalue weighted by atomic mass is 10.2. The second kappa shape index (κ2) is 4.84. The number of aromatic nitrogens is 2. The van der Waals surface area contributed by atoms with Crippen molar-refractivity contribution < 1.29 is 14.3 Å². The Labute approximate surface area is 113 Å². The highest BCUT2D eigenvalue weighted by atomic mass is 16.4. The van der Waals surface area contributed by atoms with E-state index in [9.17, 15) is 14.4 Å². The zero-order valence-electron chi connectivity index (χ0n) is 11.3. The van der Waals surface area contributed by atoms with Crippen molar-refractivity contribution in [2.45, 2.75) is 27.3 Å². The average Bonchev–Trinajstić information content (AvgIpc) is 2.74. The first kappa shape index (κ1) is 13.9. The molecule has 0 saturated carbocycles. The molecule has 106 valence electrons. The molecule has 2 aromatic heterocycles. The zero-order chi connectivity index (χ0) is 15.0. The summed E-state index contributed by atoms with van der Waals surface area (Å²) in [6, 6.07) is 1.53. The van der Waals surface area contributed by atoms with Crippen LogP contribution in [0, 0.1) is 20.8 Å². The Hall–Kier alpha value is -2.57. The standard InChI is InChI=1S/C13H14N2O5/c1-6-4-9(20-10(6)13(18)19)5-15-12(17)8(3)7(2)11(16)14-15/h4H,5H2,1-3H3,(H,14,16)(H,18,19). The van der Waals surface area contributed by atoms with Crippen LogP contribution in [0.4, 0.5) is 0 Å². The van der Waals surface area contributed by atoms with Crippen molar-refractivity contribution in [2.75, 3.05) is 0 Å². The number of hydrogen-bond acceptors (Lipinski definition) is 4. The van der Waals surface area contributed by atoms with Crippen LogP contribution >= 0.6 is 0 Å². The van der Waals surface area contributed by atoms with Crippen molar-refractivity contribution in [3.05, 3.63) is 55.0 Å². The highest BCUT2D eigenvalue weighted by molar-refractivity contribution is 5.86. The Kier molecular flexibility index (Phi) is 3.35. The number of carboxylic acids is 1. The van der Waals surface area contributed by atoms with E-state index in [1.54, 1.807) is 20.8 Å². The quantitative estimate of drug-likeness (QED) is 0.864. The molecule has 0 fully saturated rings. The molecule has 0 aliphatic carbocycles. The summed E-state index contributed by atoms with van der Waals surface area (Å²) in [4.78, 5) is 34.5. The SMILES string of the molecule is Cc1cc(Cn2[nH]c(=O)c(C)c(C)c2=O)oc1C(=O)O. The average molecular weight is 278 g/mol. The van der Waals surface area contributed by atoms with Gasteiger partial charge in [-0.15, -0.1) is 0 Å². The minimum absolute atomic E-state index is 0.0245. The molecule has 0 aliphatic rings. The maximum absolute atomic E-state index is 12.0. The smallest absolute Gasteiger partial charge is 0.372 e. The molecular weight excluding hydrogens is 264 g/mol. The van der Waals surface area contributed by atoms with Crippen LogP contribution in [0.3, 0.4) is 0 Å². The van der Waals surface area contributed by atoms with Crippen LogP contribution in [0.25, 0.3) is 0 Å². The molecule has 20 heavy (non-hydrogen) atoms. The van der Waals surface area contributed by atoms with Crippen molar-refractivity contribution in [1.82, 2.24) is 9.78 Å². The molecule has 0 saturated heterocycles. The summed E-state index contributed by atoms with van der Waals surface area (Å²) in [7, 11) is 0. The second-order valence-corrected chi connectivity index (χ2v) is 4.61. The normalized spacial score (nSPS) is 10.8. The van der Waals surface area contributed by atoms with Gasteiger partial charge in [0.05, 0.1) is 0 Å². The lowest BCUT2D eigenvalue weighted by Gasteiger charge is -2.06. The third-order valence-corrected chi connectivity index (χ3v) is 3.18. The van der Waals surface area contributed by atoms with Gasteiger partial charge in [-0.2, -0.15) is 0 Å². The van der Waals surface area contributed by atoms with Gasteiger partial charge in [-0.25, -0.2) is 9.48 Å². The fourth-order valence-corrected chi connectivity index (χ4v) is 1.90. The van der Waals surface area contributed by atoms with Crippen LogP contribution < -0.4 is 11.1 Å². The first-order valence-corrected chi connectivity index (χ1v) is 5.94. The van der Waals surface area contributed by atoms with Gasteiger partial charge in [0.2, 0.25) is 5.76 Å². The fourth-order valence-electron chi connectivity index (χ4n) is 1.90. The molecule has 2 N–H and O–H groups in total. The summed E-state index contributed by atoms with van der Waals surface area (Å²) in [6.07, 6.45) is 0. The number of aromatic carboxylic acids is 1. The third kappa shape index (κ3) is 2.29. The molecule has 0 unspecified atom stereocenters. The van der Waals surface area contributed by atoms with E-state index >= 15 is 0 Å². The molecule has 0 aliphatic heterocycles. The van der Waals surface area contributed by atoms with Gasteiger partial charge >= 0.3 is 5.97 Å². The molecule has 2 rings (SSSR count). The summed E-state index contributed by atoms with van der Waals surface area (Å²) < 4.78 is 6.27. The predicted molar refractivity (Wildman–Crippen MR) is 70.3 cm³/mol. The molecule has 0 amide bonds. The molecule has 0 atom stereocenters. The second-order valence-electron chi connectivity index (χ2n) is 4.61. The van der Waals surface area contributed by atoms with Gasteiger partial charge in [0.15, 0.2) is 0 Å². The summed E-state index contributed by atoms with van der Waals surface area (Å²) in [5, 5.41) is 11.3. The molecule has 0 spiro atoms. The molecule has 0 radical (unpaired) electrons. The minimum Gasteiger partial charge on any atom is -0.475 e. The number of carboxylic acid groups (broad SMARTS) is 1. The number of nitrogens with zero attached hydrogens (tertiary/aromatic N) is 1. The Balaban J connectivity index is 2.46. The van der Waals surface area contributed by atoms with Crippen LogP contribution in [-0.2, 0) is 6.54 Å². The number of rotatable bonds is 3. The number of furan rings is 1. The van der Waals surface area contributed by atoms with Gasteiger partial charge in [0.1, 0.15) is 12.3 Å². The molecule has 0 bridgehead atoms. The number of carbonyl (C=O) groups is 1. The monoisotopic (exact) mass is 278 g/mol. The van der Waals surface area contributed by atoms with E-state index in [0.29, 0.717) is 22.5 Å². The number of H-pyrrole nitrogens is 1. The number of aromatic amines is 1. The first-order chi connectivity index (χ1) is 9.31. The Morgan fingerprint density at radius 1 is 1.30 bits per heavy atom. The highest BCUT2D eigenvalue weighted by Gasteiger charge is 2.15. The van der Waals surface area contributed by atoms with Gasteiger partial charge < -0.3 is 9.52 Å². The minimum atomic E-state index is -1.17. The van der Waals surface area contributed by atoms with E-state index in [1.165, 1.54) is 6.07 Å². The van der Waals surface area contributed by atoms with E-state index in [1.807, 2.05) is 0 Å². The first-order valence-electron chi connectivity index (χ1n) is 5.94. The van der Waals surface area contributed by atoms with Crippen molar-refractivity contribution in [3.8, 4) is 0 Å². The van der Waals surface area contributed by atoms with E-state index in [4.69, 9.17) is 9.52 Å². The van der Waals surface area contributed by atoms with E-state index in [0.717, 1.165) is 4.68 Å². The summed E-state index contributed by atoms with van der Waals surface area (Å²) in [5.74, 6) is -1.05. The number of aryl methyl sites for hydroxylation is 1. The van der Waals surface area contributed by atoms with Crippen LogP contribution in [0.2, 0.25) is 0 Å². The number of hydrogen-bond donors (Lipinski definition) is 2. The highest BCUT2D eigenvalue weighted by Crippen LogP contribution is 2.14. The van der Waals surface area contributed by atoms with Crippen molar-refractivity contribution in [2.24, 2.45) is 0 Å². The molecule has 7 heteroatoms. The summed E-state index contributed by atoms with van der Waals surface area (Å²) in [6.45, 7) is 4.71. The van der Waals surface area contributed by atoms with Gasteiger partial charge in [0, 0.05) is 16.7 Å². The van der Waals surface area contributed by atoms with Crippen LogP contribution in [0.15, 0.2) is 20.1 Å². The Bertz CT molecular complexity index is 794. The predicted octanol–water partition coefficient (Wildman–Crippen LogP) is 0.801. The van der Waals surface area contributed by atoms with Crippen molar-refractivity contribution in [3.63, 3.8) is 0 Å². The van der Waals surface area contributed by atoms with Crippen molar-refractivity contribution >= 4 is 5.97 Å². The van der Waals surface area contributed by atoms with E-state index < -0.39 is 5.97 Å². The van der Waals surface area contributed by atoms with Gasteiger partial charge in [0.25, 0.3) is 11.1 Å². The summed E-state index contributed by atoms with van der Waals surface area (Å²) >= 11 is 0. The lowest BCUT2D eigenvalue weighted by molar-refractivity contribution is 0.0659. The Morgan fingerprint density at radius 2 is 1.95 bits per heavy atom. The van der Waals surface area contributed by atoms with Crippen LogP contribution in [-0.4, -0.2) is 20.9 Å². The molecule has 2 heterocycles. The maximum atomic E-state index is 12.0. The third-order valence-electron chi connectivity index (χ3n) is 3.18. The zero-order valence-corrected chi connectivity index (χ0v) is 11.3. The largest absolute Gasteiger partial charge is 0.475 e.